The molecule has 0 saturated carbocycles. The Kier molecular flexibility index (Phi) is 8.02. The van der Waals surface area contributed by atoms with Crippen LogP contribution in [0.5, 0.6) is 0 Å². The van der Waals surface area contributed by atoms with Crippen molar-refractivity contribution in [3.63, 3.8) is 0 Å². The molecular formula is C12H27NO2. The molecule has 0 N–H and O–H groups in total. The third-order valence-corrected chi connectivity index (χ3v) is 2.90. The Labute approximate surface area is 94.7 Å². The van der Waals surface area contributed by atoms with Crippen molar-refractivity contribution in [2.75, 3.05) is 27.3 Å². The fraction of sp³-hybridized carbons (Fsp3) is 1.00. The number of hydrogen-bond donors (Lipinski definition) is 0. The quantitative estimate of drug-likeness (QED) is 0.554. The molecule has 0 aliphatic rings. The number of hydrogen-bond acceptors (Lipinski definition) is 3. The van der Waals surface area contributed by atoms with E-state index in [2.05, 4.69) is 18.7 Å². The second-order valence-corrected chi connectivity index (χ2v) is 4.00. The summed E-state index contributed by atoms with van der Waals surface area (Å²) < 4.78 is 10.9. The van der Waals surface area contributed by atoms with Crippen LogP contribution >= 0.6 is 0 Å². The molecule has 0 atom stereocenters. The molecule has 0 radical (unpaired) electrons. The molecule has 3 heteroatoms. The highest BCUT2D eigenvalue weighted by Crippen LogP contribution is 2.18. The predicted octanol–water partition coefficient (Wildman–Crippen LogP) is 2.86. The van der Waals surface area contributed by atoms with Crippen LogP contribution in [0.15, 0.2) is 0 Å². The molecule has 0 heterocycles. The maximum Gasteiger partial charge on any atom is 0.226 e. The normalized spacial score (nSPS) is 12.4. The molecule has 0 fully saturated rings. The van der Waals surface area contributed by atoms with Crippen molar-refractivity contribution in [1.82, 2.24) is 4.90 Å². The Morgan fingerprint density at radius 2 is 1.33 bits per heavy atom. The van der Waals surface area contributed by atoms with E-state index < -0.39 is 5.91 Å². The summed E-state index contributed by atoms with van der Waals surface area (Å²) in [7, 11) is 3.41. The highest BCUT2D eigenvalue weighted by molar-refractivity contribution is 4.67. The minimum atomic E-state index is -0.565. The van der Waals surface area contributed by atoms with Gasteiger partial charge in [-0.1, -0.05) is 26.7 Å². The zero-order valence-electron chi connectivity index (χ0n) is 11.0. The van der Waals surface area contributed by atoms with Crippen LogP contribution < -0.4 is 0 Å². The van der Waals surface area contributed by atoms with Gasteiger partial charge < -0.3 is 9.47 Å². The number of methoxy groups -OCH3 is 2. The number of nitrogens with zero attached hydrogens (tertiary/aromatic N) is 1. The van der Waals surface area contributed by atoms with E-state index in [0.717, 1.165) is 13.1 Å². The van der Waals surface area contributed by atoms with Gasteiger partial charge in [0.1, 0.15) is 0 Å². The maximum absolute atomic E-state index is 5.45. The van der Waals surface area contributed by atoms with Crippen molar-refractivity contribution >= 4 is 0 Å². The molecule has 0 spiro atoms. The van der Waals surface area contributed by atoms with Gasteiger partial charge >= 0.3 is 0 Å². The number of ether oxygens (including phenoxy) is 2. The number of rotatable bonds is 9. The third kappa shape index (κ3) is 4.96. The van der Waals surface area contributed by atoms with Gasteiger partial charge in [0, 0.05) is 34.2 Å². The van der Waals surface area contributed by atoms with E-state index in [1.54, 1.807) is 14.2 Å². The van der Waals surface area contributed by atoms with Crippen LogP contribution in [-0.2, 0) is 9.47 Å². The van der Waals surface area contributed by atoms with Gasteiger partial charge in [0.25, 0.3) is 0 Å². The Balaban J connectivity index is 4.29. The van der Waals surface area contributed by atoms with Gasteiger partial charge in [0.2, 0.25) is 5.91 Å². The van der Waals surface area contributed by atoms with E-state index in [4.69, 9.17) is 9.47 Å². The van der Waals surface area contributed by atoms with Gasteiger partial charge in [-0.05, 0) is 12.8 Å². The standard InChI is InChI=1S/C12H27NO2/c1-6-8-10-13(11-9-7-2)12(3,14-4)15-5/h6-11H2,1-5H3. The molecule has 0 unspecified atom stereocenters. The van der Waals surface area contributed by atoms with E-state index in [9.17, 15) is 0 Å². The van der Waals surface area contributed by atoms with E-state index in [1.165, 1.54) is 25.7 Å². The van der Waals surface area contributed by atoms with Crippen LogP contribution in [0.2, 0.25) is 0 Å². The zero-order chi connectivity index (χ0) is 11.7. The molecule has 92 valence electrons. The van der Waals surface area contributed by atoms with Crippen LogP contribution in [0.25, 0.3) is 0 Å². The first-order chi connectivity index (χ1) is 7.14. The van der Waals surface area contributed by atoms with Crippen molar-refractivity contribution in [1.29, 1.82) is 0 Å². The van der Waals surface area contributed by atoms with Gasteiger partial charge in [-0.2, -0.15) is 0 Å². The van der Waals surface area contributed by atoms with Crippen molar-refractivity contribution in [3.05, 3.63) is 0 Å². The lowest BCUT2D eigenvalue weighted by Gasteiger charge is -2.38. The summed E-state index contributed by atoms with van der Waals surface area (Å²) in [6.45, 7) is 8.46. The molecule has 0 aromatic carbocycles. The first-order valence-electron chi connectivity index (χ1n) is 6.00. The summed E-state index contributed by atoms with van der Waals surface area (Å²) in [5.74, 6) is -0.565. The molecule has 15 heavy (non-hydrogen) atoms. The first-order valence-corrected chi connectivity index (χ1v) is 6.00. The number of unbranched alkanes of at least 4 members (excludes halogenated alkanes) is 2. The lowest BCUT2D eigenvalue weighted by atomic mass is 10.2. The average Bonchev–Trinajstić information content (AvgIpc) is 2.28. The molecule has 0 saturated heterocycles. The second kappa shape index (κ2) is 8.08. The Morgan fingerprint density at radius 3 is 1.60 bits per heavy atom. The average molecular weight is 217 g/mol. The fourth-order valence-electron chi connectivity index (χ4n) is 1.56. The van der Waals surface area contributed by atoms with Crippen molar-refractivity contribution in [2.24, 2.45) is 0 Å². The second-order valence-electron chi connectivity index (χ2n) is 4.00. The minimum Gasteiger partial charge on any atom is -0.341 e. The Hall–Kier alpha value is -0.120. The van der Waals surface area contributed by atoms with Crippen molar-refractivity contribution < 1.29 is 9.47 Å². The summed E-state index contributed by atoms with van der Waals surface area (Å²) in [6, 6.07) is 0. The van der Waals surface area contributed by atoms with Crippen LogP contribution in [-0.4, -0.2) is 38.1 Å². The summed E-state index contributed by atoms with van der Waals surface area (Å²) in [6.07, 6.45) is 4.77. The van der Waals surface area contributed by atoms with Gasteiger partial charge in [0.15, 0.2) is 0 Å². The smallest absolute Gasteiger partial charge is 0.226 e. The van der Waals surface area contributed by atoms with Gasteiger partial charge in [-0.15, -0.1) is 0 Å². The molecular weight excluding hydrogens is 190 g/mol. The molecule has 3 nitrogen and oxygen atoms in total. The van der Waals surface area contributed by atoms with Gasteiger partial charge in [-0.25, -0.2) is 0 Å². The molecule has 0 aromatic rings. The van der Waals surface area contributed by atoms with E-state index in [0.29, 0.717) is 0 Å². The first kappa shape index (κ1) is 14.9. The van der Waals surface area contributed by atoms with Crippen LogP contribution in [0, 0.1) is 0 Å². The van der Waals surface area contributed by atoms with Crippen LogP contribution in [0.3, 0.4) is 0 Å². The largest absolute Gasteiger partial charge is 0.341 e. The molecule has 0 bridgehead atoms. The van der Waals surface area contributed by atoms with Gasteiger partial charge in [-0.3, -0.25) is 4.90 Å². The molecule has 0 rings (SSSR count). The van der Waals surface area contributed by atoms with Crippen molar-refractivity contribution in [2.45, 2.75) is 52.4 Å². The molecule has 0 aliphatic heterocycles. The topological polar surface area (TPSA) is 21.7 Å². The fourth-order valence-corrected chi connectivity index (χ4v) is 1.56. The summed E-state index contributed by atoms with van der Waals surface area (Å²) in [5.41, 5.74) is 0. The Morgan fingerprint density at radius 1 is 0.933 bits per heavy atom. The minimum absolute atomic E-state index is 0.565. The summed E-state index contributed by atoms with van der Waals surface area (Å²) in [5, 5.41) is 0. The molecule has 0 aromatic heterocycles. The lowest BCUT2D eigenvalue weighted by molar-refractivity contribution is -0.284. The van der Waals surface area contributed by atoms with E-state index in [1.807, 2.05) is 6.92 Å². The lowest BCUT2D eigenvalue weighted by Crippen LogP contribution is -2.50. The van der Waals surface area contributed by atoms with Crippen LogP contribution in [0.1, 0.15) is 46.5 Å². The SMILES string of the molecule is CCCCN(CCCC)C(C)(OC)OC. The maximum atomic E-state index is 5.45. The molecule has 0 amide bonds. The third-order valence-electron chi connectivity index (χ3n) is 2.90. The Bertz CT molecular complexity index is 139. The van der Waals surface area contributed by atoms with Gasteiger partial charge in [0.05, 0.1) is 0 Å². The van der Waals surface area contributed by atoms with E-state index in [-0.39, 0.29) is 0 Å². The summed E-state index contributed by atoms with van der Waals surface area (Å²) >= 11 is 0. The monoisotopic (exact) mass is 217 g/mol. The molecule has 0 aliphatic carbocycles. The van der Waals surface area contributed by atoms with E-state index >= 15 is 0 Å². The summed E-state index contributed by atoms with van der Waals surface area (Å²) in [4.78, 5) is 2.28. The zero-order valence-corrected chi connectivity index (χ0v) is 11.0. The van der Waals surface area contributed by atoms with Crippen molar-refractivity contribution in [3.8, 4) is 0 Å². The predicted molar refractivity (Wildman–Crippen MR) is 63.8 cm³/mol. The highest BCUT2D eigenvalue weighted by atomic mass is 16.7. The van der Waals surface area contributed by atoms with Crippen LogP contribution in [0.4, 0.5) is 0 Å². The highest BCUT2D eigenvalue weighted by Gasteiger charge is 2.30.